The number of nitrogens with zero attached hydrogens (tertiary/aromatic N) is 1. The zero-order valence-electron chi connectivity index (χ0n) is 8.39. The molecule has 1 rings (SSSR count). The largest absolute Gasteiger partial charge is 0.392 e. The third kappa shape index (κ3) is 3.05. The van der Waals surface area contributed by atoms with Crippen molar-refractivity contribution in [3.8, 4) is 0 Å². The van der Waals surface area contributed by atoms with Crippen LogP contribution >= 0.6 is 11.5 Å². The summed E-state index contributed by atoms with van der Waals surface area (Å²) in [6, 6.07) is 0. The topological polar surface area (TPSA) is 105 Å². The Hall–Kier alpha value is -0.860. The molecule has 0 radical (unpaired) electrons. The van der Waals surface area contributed by atoms with Crippen LogP contribution in [0.4, 0.5) is 10.8 Å². The molecule has 86 valence electrons. The van der Waals surface area contributed by atoms with Crippen LogP contribution in [-0.2, 0) is 9.84 Å². The van der Waals surface area contributed by atoms with E-state index in [-0.39, 0.29) is 17.3 Å². The number of nitrogen functional groups attached to an aromatic ring is 1. The minimum absolute atomic E-state index is 0.00408. The molecule has 0 bridgehead atoms. The van der Waals surface area contributed by atoms with Crippen molar-refractivity contribution in [1.29, 1.82) is 0 Å². The minimum Gasteiger partial charge on any atom is -0.392 e. The second-order valence-electron chi connectivity index (χ2n) is 3.23. The summed E-state index contributed by atoms with van der Waals surface area (Å²) in [5.41, 5.74) is 5.45. The van der Waals surface area contributed by atoms with Gasteiger partial charge in [0.1, 0.15) is 9.90 Å². The zero-order valence-corrected chi connectivity index (χ0v) is 10.0. The van der Waals surface area contributed by atoms with Crippen LogP contribution < -0.4 is 11.1 Å². The highest BCUT2D eigenvalue weighted by Gasteiger charge is 2.21. The van der Waals surface area contributed by atoms with Gasteiger partial charge in [-0.15, -0.1) is 0 Å². The summed E-state index contributed by atoms with van der Waals surface area (Å²) in [6.07, 6.45) is 0.501. The molecule has 0 aliphatic carbocycles. The molecular weight excluding hydrogens is 238 g/mol. The SMILES string of the molecule is CC(O)CNc1snc(N)c1S(C)(=O)=O. The van der Waals surface area contributed by atoms with Gasteiger partial charge in [0.15, 0.2) is 15.7 Å². The predicted molar refractivity (Wildman–Crippen MR) is 59.8 cm³/mol. The fraction of sp³-hybridized carbons (Fsp3) is 0.571. The fourth-order valence-electron chi connectivity index (χ4n) is 1.01. The van der Waals surface area contributed by atoms with Gasteiger partial charge in [-0.2, -0.15) is 4.37 Å². The first-order valence-corrected chi connectivity index (χ1v) is 6.86. The van der Waals surface area contributed by atoms with Crippen molar-refractivity contribution < 1.29 is 13.5 Å². The molecule has 0 aromatic carbocycles. The number of hydrogen-bond donors (Lipinski definition) is 3. The van der Waals surface area contributed by atoms with Gasteiger partial charge in [-0.05, 0) is 18.5 Å². The normalized spacial score (nSPS) is 13.8. The lowest BCUT2D eigenvalue weighted by Gasteiger charge is -2.07. The Kier molecular flexibility index (Phi) is 3.53. The van der Waals surface area contributed by atoms with Crippen LogP contribution in [0.2, 0.25) is 0 Å². The van der Waals surface area contributed by atoms with Crippen LogP contribution in [0.25, 0.3) is 0 Å². The van der Waals surface area contributed by atoms with E-state index < -0.39 is 15.9 Å². The maximum atomic E-state index is 11.4. The van der Waals surface area contributed by atoms with E-state index in [1.165, 1.54) is 0 Å². The van der Waals surface area contributed by atoms with Crippen molar-refractivity contribution >= 4 is 32.2 Å². The minimum atomic E-state index is -3.39. The quantitative estimate of drug-likeness (QED) is 0.691. The number of sulfone groups is 1. The smallest absolute Gasteiger partial charge is 0.182 e. The summed E-state index contributed by atoms with van der Waals surface area (Å²) in [5.74, 6) is -0.00408. The summed E-state index contributed by atoms with van der Waals surface area (Å²) in [6.45, 7) is 1.85. The summed E-state index contributed by atoms with van der Waals surface area (Å²) in [5, 5.41) is 12.2. The molecule has 15 heavy (non-hydrogen) atoms. The molecule has 1 unspecified atom stereocenters. The number of nitrogens with two attached hydrogens (primary N) is 1. The Labute approximate surface area is 92.2 Å². The molecule has 1 aromatic rings. The van der Waals surface area contributed by atoms with Crippen LogP contribution in [0.15, 0.2) is 4.90 Å². The lowest BCUT2D eigenvalue weighted by molar-refractivity contribution is 0.208. The number of aliphatic hydroxyl groups is 1. The summed E-state index contributed by atoms with van der Waals surface area (Å²) in [4.78, 5) is 0.00755. The number of hydrogen-bond acceptors (Lipinski definition) is 7. The second kappa shape index (κ2) is 4.33. The van der Waals surface area contributed by atoms with Gasteiger partial charge < -0.3 is 16.2 Å². The van der Waals surface area contributed by atoms with Crippen molar-refractivity contribution in [2.75, 3.05) is 23.9 Å². The monoisotopic (exact) mass is 251 g/mol. The van der Waals surface area contributed by atoms with Crippen LogP contribution in [0, 0.1) is 0 Å². The number of nitrogens with one attached hydrogen (secondary N) is 1. The maximum Gasteiger partial charge on any atom is 0.182 e. The van der Waals surface area contributed by atoms with Crippen LogP contribution in [0.3, 0.4) is 0 Å². The Balaban J connectivity index is 3.00. The number of aliphatic hydroxyl groups excluding tert-OH is 1. The lowest BCUT2D eigenvalue weighted by Crippen LogP contribution is -2.16. The summed E-state index contributed by atoms with van der Waals surface area (Å²) in [7, 11) is -3.39. The fourth-order valence-corrected chi connectivity index (χ4v) is 3.08. The van der Waals surface area contributed by atoms with E-state index >= 15 is 0 Å². The van der Waals surface area contributed by atoms with E-state index in [0.717, 1.165) is 17.8 Å². The van der Waals surface area contributed by atoms with Gasteiger partial charge in [-0.3, -0.25) is 0 Å². The van der Waals surface area contributed by atoms with Gasteiger partial charge in [0.25, 0.3) is 0 Å². The highest BCUT2D eigenvalue weighted by molar-refractivity contribution is 7.91. The predicted octanol–water partition coefficient (Wildman–Crippen LogP) is -0.0785. The molecule has 6 nitrogen and oxygen atoms in total. The van der Waals surface area contributed by atoms with Crippen molar-refractivity contribution in [1.82, 2.24) is 4.37 Å². The molecule has 0 fully saturated rings. The maximum absolute atomic E-state index is 11.4. The van der Waals surface area contributed by atoms with E-state index in [4.69, 9.17) is 10.8 Å². The standard InChI is InChI=1S/C7H13N3O3S2/c1-4(11)3-9-7-5(15(2,12)13)6(8)10-14-7/h4,9,11H,3H2,1-2H3,(H2,8,10). The molecular formula is C7H13N3O3S2. The first-order chi connectivity index (χ1) is 6.82. The first-order valence-electron chi connectivity index (χ1n) is 4.19. The molecule has 0 saturated heterocycles. The molecule has 1 atom stereocenters. The Morgan fingerprint density at radius 2 is 2.27 bits per heavy atom. The number of anilines is 2. The molecule has 0 saturated carbocycles. The lowest BCUT2D eigenvalue weighted by atomic mass is 10.4. The molecule has 0 amide bonds. The first kappa shape index (κ1) is 12.2. The van der Waals surface area contributed by atoms with E-state index in [0.29, 0.717) is 5.00 Å². The Bertz CT molecular complexity index is 438. The zero-order chi connectivity index (χ0) is 11.6. The van der Waals surface area contributed by atoms with Gasteiger partial charge >= 0.3 is 0 Å². The highest BCUT2D eigenvalue weighted by atomic mass is 32.2. The van der Waals surface area contributed by atoms with Crippen molar-refractivity contribution in [2.45, 2.75) is 17.9 Å². The van der Waals surface area contributed by atoms with E-state index in [9.17, 15) is 8.42 Å². The van der Waals surface area contributed by atoms with Gasteiger partial charge in [-0.25, -0.2) is 8.42 Å². The van der Waals surface area contributed by atoms with Gasteiger partial charge in [0, 0.05) is 12.8 Å². The molecule has 8 heteroatoms. The van der Waals surface area contributed by atoms with Crippen molar-refractivity contribution in [3.63, 3.8) is 0 Å². The van der Waals surface area contributed by atoms with E-state index in [2.05, 4.69) is 9.69 Å². The average molecular weight is 251 g/mol. The average Bonchev–Trinajstić information content (AvgIpc) is 2.42. The van der Waals surface area contributed by atoms with E-state index in [1.54, 1.807) is 6.92 Å². The second-order valence-corrected chi connectivity index (χ2v) is 5.95. The van der Waals surface area contributed by atoms with E-state index in [1.807, 2.05) is 0 Å². The van der Waals surface area contributed by atoms with Gasteiger partial charge in [0.05, 0.1) is 6.10 Å². The summed E-state index contributed by atoms with van der Waals surface area (Å²) < 4.78 is 26.5. The van der Waals surface area contributed by atoms with Crippen LogP contribution in [-0.4, -0.2) is 36.8 Å². The molecule has 0 spiro atoms. The number of aromatic nitrogens is 1. The van der Waals surface area contributed by atoms with Gasteiger partial charge in [0.2, 0.25) is 0 Å². The number of rotatable bonds is 4. The molecule has 4 N–H and O–H groups in total. The van der Waals surface area contributed by atoms with Crippen molar-refractivity contribution in [2.24, 2.45) is 0 Å². The third-order valence-corrected chi connectivity index (χ3v) is 3.71. The Morgan fingerprint density at radius 3 is 2.73 bits per heavy atom. The Morgan fingerprint density at radius 1 is 1.67 bits per heavy atom. The van der Waals surface area contributed by atoms with Gasteiger partial charge in [-0.1, -0.05) is 0 Å². The molecule has 1 heterocycles. The third-order valence-electron chi connectivity index (χ3n) is 1.60. The highest BCUT2D eigenvalue weighted by Crippen LogP contribution is 2.30. The van der Waals surface area contributed by atoms with Crippen LogP contribution in [0.5, 0.6) is 0 Å². The summed E-state index contributed by atoms with van der Waals surface area (Å²) >= 11 is 0.969. The molecule has 1 aromatic heterocycles. The molecule has 0 aliphatic heterocycles. The van der Waals surface area contributed by atoms with Crippen molar-refractivity contribution in [3.05, 3.63) is 0 Å². The molecule has 0 aliphatic rings. The van der Waals surface area contributed by atoms with Crippen LogP contribution in [0.1, 0.15) is 6.92 Å².